The Balaban J connectivity index is 3.35. The van der Waals surface area contributed by atoms with Crippen molar-refractivity contribution in [2.45, 2.75) is 6.92 Å². The fourth-order valence-corrected chi connectivity index (χ4v) is 1.85. The minimum Gasteiger partial charge on any atom is -0.501 e. The maximum atomic E-state index is 13.5. The number of rotatable bonds is 4. The molecule has 0 bridgehead atoms. The highest BCUT2D eigenvalue weighted by Crippen LogP contribution is 2.33. The molecule has 1 rings (SSSR count). The molecule has 0 saturated carbocycles. The number of halogens is 3. The normalized spacial score (nSPS) is 10.7. The van der Waals surface area contributed by atoms with E-state index in [0.717, 1.165) is 6.07 Å². The second kappa shape index (κ2) is 6.75. The summed E-state index contributed by atoms with van der Waals surface area (Å²) in [4.78, 5) is 11.5. The number of carbonyl (C=O) groups is 1. The van der Waals surface area contributed by atoms with Crippen molar-refractivity contribution in [3.8, 4) is 0 Å². The molecule has 0 aromatic heterocycles. The van der Waals surface area contributed by atoms with Gasteiger partial charge in [0.25, 0.3) is 0 Å². The van der Waals surface area contributed by atoms with Gasteiger partial charge >= 0.3 is 5.97 Å². The second-order valence-electron chi connectivity index (χ2n) is 3.20. The number of benzene rings is 1. The van der Waals surface area contributed by atoms with Crippen LogP contribution in [-0.2, 0) is 9.47 Å². The molecular formula is C12H11BrClFO3. The maximum absolute atomic E-state index is 13.5. The predicted octanol–water partition coefficient (Wildman–Crippen LogP) is 4.04. The molecule has 0 heterocycles. The topological polar surface area (TPSA) is 35.5 Å². The Morgan fingerprint density at radius 1 is 1.61 bits per heavy atom. The lowest BCUT2D eigenvalue weighted by molar-refractivity contribution is 0.0600. The molecule has 0 fully saturated rings. The van der Waals surface area contributed by atoms with Crippen molar-refractivity contribution in [2.75, 3.05) is 13.7 Å². The van der Waals surface area contributed by atoms with Crippen LogP contribution in [0.1, 0.15) is 22.8 Å². The monoisotopic (exact) mass is 336 g/mol. The number of ether oxygens (including phenoxy) is 2. The maximum Gasteiger partial charge on any atom is 0.338 e. The number of carbonyl (C=O) groups excluding carboxylic acids is 1. The van der Waals surface area contributed by atoms with Gasteiger partial charge in [-0.1, -0.05) is 11.6 Å². The van der Waals surface area contributed by atoms with Gasteiger partial charge in [-0.2, -0.15) is 0 Å². The van der Waals surface area contributed by atoms with Gasteiger partial charge in [-0.05, 0) is 35.0 Å². The van der Waals surface area contributed by atoms with Crippen LogP contribution in [-0.4, -0.2) is 19.7 Å². The van der Waals surface area contributed by atoms with Crippen LogP contribution in [0.3, 0.4) is 0 Å². The average Bonchev–Trinajstić information content (AvgIpc) is 2.37. The summed E-state index contributed by atoms with van der Waals surface area (Å²) >= 11 is 8.99. The first kappa shape index (κ1) is 15.0. The van der Waals surface area contributed by atoms with Gasteiger partial charge in [0.15, 0.2) is 0 Å². The minimum absolute atomic E-state index is 0.0409. The third-order valence-electron chi connectivity index (χ3n) is 2.10. The van der Waals surface area contributed by atoms with Crippen molar-refractivity contribution in [3.05, 3.63) is 38.8 Å². The van der Waals surface area contributed by atoms with E-state index in [0.29, 0.717) is 12.2 Å². The first-order chi connectivity index (χ1) is 8.52. The summed E-state index contributed by atoms with van der Waals surface area (Å²) in [7, 11) is 1.21. The average molecular weight is 338 g/mol. The standard InChI is InChI=1S/C12H11BrClFO3/c1-3-18-5-4-7-8(12(16)17-2)6-9(15)10(13)11(7)14/h4-6H,3H2,1-2H3/b5-4+. The Hall–Kier alpha value is -1.07. The van der Waals surface area contributed by atoms with Crippen molar-refractivity contribution in [1.29, 1.82) is 0 Å². The van der Waals surface area contributed by atoms with Crippen LogP contribution in [0.5, 0.6) is 0 Å². The third-order valence-corrected chi connectivity index (χ3v) is 3.50. The van der Waals surface area contributed by atoms with Crippen LogP contribution in [0.25, 0.3) is 6.08 Å². The summed E-state index contributed by atoms with van der Waals surface area (Å²) in [6.45, 7) is 2.29. The summed E-state index contributed by atoms with van der Waals surface area (Å²) in [5, 5.41) is 0.0892. The molecule has 1 aromatic carbocycles. The molecule has 3 nitrogen and oxygen atoms in total. The van der Waals surface area contributed by atoms with Crippen LogP contribution in [0, 0.1) is 5.82 Å². The molecule has 0 aliphatic carbocycles. The summed E-state index contributed by atoms with van der Waals surface area (Å²) in [6.07, 6.45) is 2.88. The molecule has 0 aliphatic rings. The molecule has 6 heteroatoms. The van der Waals surface area contributed by atoms with Gasteiger partial charge in [0.2, 0.25) is 0 Å². The third kappa shape index (κ3) is 3.23. The second-order valence-corrected chi connectivity index (χ2v) is 4.37. The molecule has 0 amide bonds. The number of hydrogen-bond donors (Lipinski definition) is 0. The van der Waals surface area contributed by atoms with E-state index in [1.54, 1.807) is 0 Å². The number of methoxy groups -OCH3 is 1. The Morgan fingerprint density at radius 2 is 2.28 bits per heavy atom. The van der Waals surface area contributed by atoms with Gasteiger partial charge in [0, 0.05) is 5.56 Å². The molecule has 0 spiro atoms. The minimum atomic E-state index is -0.667. The van der Waals surface area contributed by atoms with Crippen LogP contribution < -0.4 is 0 Å². The largest absolute Gasteiger partial charge is 0.501 e. The van der Waals surface area contributed by atoms with Crippen LogP contribution in [0.4, 0.5) is 4.39 Å². The fraction of sp³-hybridized carbons (Fsp3) is 0.250. The molecule has 0 aliphatic heterocycles. The SMILES string of the molecule is CCO/C=C/c1c(C(=O)OC)cc(F)c(Br)c1Cl. The Labute approximate surface area is 118 Å². The Morgan fingerprint density at radius 3 is 2.83 bits per heavy atom. The van der Waals surface area contributed by atoms with E-state index in [2.05, 4.69) is 20.7 Å². The van der Waals surface area contributed by atoms with Gasteiger partial charge in [-0.15, -0.1) is 0 Å². The zero-order valence-electron chi connectivity index (χ0n) is 9.80. The fourth-order valence-electron chi connectivity index (χ4n) is 1.26. The lowest BCUT2D eigenvalue weighted by atomic mass is 10.1. The van der Waals surface area contributed by atoms with E-state index in [-0.39, 0.29) is 15.1 Å². The first-order valence-electron chi connectivity index (χ1n) is 5.06. The van der Waals surface area contributed by atoms with E-state index in [1.165, 1.54) is 19.4 Å². The molecular weight excluding hydrogens is 326 g/mol. The van der Waals surface area contributed by atoms with Crippen LogP contribution in [0.15, 0.2) is 16.8 Å². The van der Waals surface area contributed by atoms with E-state index in [1.807, 2.05) is 6.92 Å². The van der Waals surface area contributed by atoms with Crippen molar-refractivity contribution >= 4 is 39.6 Å². The first-order valence-corrected chi connectivity index (χ1v) is 6.24. The lowest BCUT2D eigenvalue weighted by Crippen LogP contribution is -2.05. The van der Waals surface area contributed by atoms with Crippen molar-refractivity contribution in [1.82, 2.24) is 0 Å². The van der Waals surface area contributed by atoms with Crippen molar-refractivity contribution in [3.63, 3.8) is 0 Å². The molecule has 0 N–H and O–H groups in total. The van der Waals surface area contributed by atoms with Gasteiger partial charge in [0.1, 0.15) is 5.82 Å². The lowest BCUT2D eigenvalue weighted by Gasteiger charge is -2.09. The summed E-state index contributed by atoms with van der Waals surface area (Å²) < 4.78 is 23.2. The highest BCUT2D eigenvalue weighted by Gasteiger charge is 2.19. The molecule has 0 atom stereocenters. The molecule has 0 radical (unpaired) electrons. The van der Waals surface area contributed by atoms with Crippen LogP contribution >= 0.6 is 27.5 Å². The van der Waals surface area contributed by atoms with Gasteiger partial charge in [-0.3, -0.25) is 0 Å². The Kier molecular flexibility index (Phi) is 5.62. The van der Waals surface area contributed by atoms with E-state index in [4.69, 9.17) is 16.3 Å². The smallest absolute Gasteiger partial charge is 0.338 e. The van der Waals surface area contributed by atoms with Gasteiger partial charge in [-0.25, -0.2) is 9.18 Å². The molecule has 98 valence electrons. The molecule has 1 aromatic rings. The summed E-state index contributed by atoms with van der Waals surface area (Å²) in [5.74, 6) is -1.30. The van der Waals surface area contributed by atoms with Gasteiger partial charge in [0.05, 0.1) is 35.0 Å². The zero-order valence-corrected chi connectivity index (χ0v) is 12.1. The summed E-state index contributed by atoms with van der Waals surface area (Å²) in [6, 6.07) is 1.06. The number of hydrogen-bond acceptors (Lipinski definition) is 3. The van der Waals surface area contributed by atoms with Crippen molar-refractivity contribution in [2.24, 2.45) is 0 Å². The molecule has 0 saturated heterocycles. The van der Waals surface area contributed by atoms with E-state index in [9.17, 15) is 9.18 Å². The Bertz CT molecular complexity index is 489. The highest BCUT2D eigenvalue weighted by atomic mass is 79.9. The predicted molar refractivity (Wildman–Crippen MR) is 71.1 cm³/mol. The van der Waals surface area contributed by atoms with Gasteiger partial charge < -0.3 is 9.47 Å². The van der Waals surface area contributed by atoms with E-state index < -0.39 is 11.8 Å². The van der Waals surface area contributed by atoms with E-state index >= 15 is 0 Å². The molecule has 0 unspecified atom stereocenters. The molecule has 18 heavy (non-hydrogen) atoms. The van der Waals surface area contributed by atoms with Crippen molar-refractivity contribution < 1.29 is 18.7 Å². The van der Waals surface area contributed by atoms with Crippen LogP contribution in [0.2, 0.25) is 5.02 Å². The highest BCUT2D eigenvalue weighted by molar-refractivity contribution is 9.10. The quantitative estimate of drug-likeness (QED) is 0.473. The summed E-state index contributed by atoms with van der Waals surface area (Å²) in [5.41, 5.74) is 0.379. The zero-order chi connectivity index (χ0) is 13.7. The number of esters is 1.